The number of benzene rings is 3. The van der Waals surface area contributed by atoms with E-state index in [1.807, 2.05) is 43.3 Å². The number of fused-ring (bicyclic) bond motifs is 1. The molecule has 0 fully saturated rings. The van der Waals surface area contributed by atoms with Gasteiger partial charge in [-0.05, 0) is 55.0 Å². The Morgan fingerprint density at radius 3 is 2.64 bits per heavy atom. The highest BCUT2D eigenvalue weighted by Crippen LogP contribution is 2.32. The predicted octanol–water partition coefficient (Wildman–Crippen LogP) is 7.18. The lowest BCUT2D eigenvalue weighted by molar-refractivity contribution is 0.304. The largest absolute Gasteiger partial charge is 0.486 e. The molecule has 1 aromatic heterocycles. The molecule has 0 bridgehead atoms. The summed E-state index contributed by atoms with van der Waals surface area (Å²) in [5, 5.41) is 1.38. The first-order valence-electron chi connectivity index (χ1n) is 8.54. The molecule has 138 valence electrons. The van der Waals surface area contributed by atoms with E-state index in [-0.39, 0.29) is 0 Å². The van der Waals surface area contributed by atoms with Gasteiger partial charge in [-0.1, -0.05) is 23.7 Å². The molecule has 0 saturated heterocycles. The van der Waals surface area contributed by atoms with Crippen molar-refractivity contribution in [1.29, 1.82) is 0 Å². The Bertz CT molecular complexity index is 1160. The number of halogens is 1. The minimum atomic E-state index is 0.390. The van der Waals surface area contributed by atoms with Gasteiger partial charge >= 0.3 is 0 Å². The zero-order valence-corrected chi connectivity index (χ0v) is 16.6. The number of ether oxygens (including phenoxy) is 2. The molecule has 0 atom stereocenters. The molecule has 0 unspecified atom stereocenters. The number of para-hydroxylation sites is 1. The summed E-state index contributed by atoms with van der Waals surface area (Å²) in [6.07, 6.45) is 0. The SMILES string of the molecule is [C-]#[N+]c1cc(Cl)cc(Oc2cc(C)cc(OCc3nc4ccccc4s3)c2)c1. The zero-order chi connectivity index (χ0) is 19.5. The molecule has 1 heterocycles. The smallest absolute Gasteiger partial charge is 0.192 e. The molecule has 4 nitrogen and oxygen atoms in total. The fourth-order valence-electron chi connectivity index (χ4n) is 2.79. The van der Waals surface area contributed by atoms with Gasteiger partial charge in [0.25, 0.3) is 0 Å². The Morgan fingerprint density at radius 1 is 1.04 bits per heavy atom. The first kappa shape index (κ1) is 18.3. The van der Waals surface area contributed by atoms with Crippen molar-refractivity contribution in [2.24, 2.45) is 0 Å². The van der Waals surface area contributed by atoms with Gasteiger partial charge in [0.15, 0.2) is 5.69 Å². The molecular weight excluding hydrogens is 392 g/mol. The summed E-state index contributed by atoms with van der Waals surface area (Å²) in [4.78, 5) is 7.99. The topological polar surface area (TPSA) is 35.7 Å². The third-order valence-electron chi connectivity index (χ3n) is 3.95. The van der Waals surface area contributed by atoms with Crippen LogP contribution in [-0.2, 0) is 6.61 Å². The molecule has 3 aromatic carbocycles. The van der Waals surface area contributed by atoms with Crippen molar-refractivity contribution in [3.63, 3.8) is 0 Å². The fourth-order valence-corrected chi connectivity index (χ4v) is 3.89. The molecule has 0 aliphatic carbocycles. The van der Waals surface area contributed by atoms with Crippen LogP contribution in [0.25, 0.3) is 15.1 Å². The average molecular weight is 407 g/mol. The molecule has 0 saturated carbocycles. The summed E-state index contributed by atoms with van der Waals surface area (Å²) in [5.74, 6) is 1.83. The van der Waals surface area contributed by atoms with Gasteiger partial charge in [-0.3, -0.25) is 0 Å². The van der Waals surface area contributed by atoms with Crippen molar-refractivity contribution in [3.05, 3.63) is 87.7 Å². The number of hydrogen-bond acceptors (Lipinski definition) is 4. The second-order valence-electron chi connectivity index (χ2n) is 6.20. The summed E-state index contributed by atoms with van der Waals surface area (Å²) in [5.41, 5.74) is 2.42. The van der Waals surface area contributed by atoms with Crippen LogP contribution in [0.5, 0.6) is 17.2 Å². The summed E-state index contributed by atoms with van der Waals surface area (Å²) in [7, 11) is 0. The van der Waals surface area contributed by atoms with Gasteiger partial charge in [0.1, 0.15) is 28.9 Å². The Labute approximate surface area is 171 Å². The van der Waals surface area contributed by atoms with Crippen molar-refractivity contribution >= 4 is 38.8 Å². The van der Waals surface area contributed by atoms with Crippen LogP contribution >= 0.6 is 22.9 Å². The fraction of sp³-hybridized carbons (Fsp3) is 0.0909. The van der Waals surface area contributed by atoms with Crippen molar-refractivity contribution in [2.45, 2.75) is 13.5 Å². The van der Waals surface area contributed by atoms with Gasteiger partial charge in [-0.25, -0.2) is 9.83 Å². The monoisotopic (exact) mass is 406 g/mol. The maximum absolute atomic E-state index is 7.15. The van der Waals surface area contributed by atoms with Crippen LogP contribution in [0.15, 0.2) is 60.7 Å². The molecule has 28 heavy (non-hydrogen) atoms. The highest BCUT2D eigenvalue weighted by molar-refractivity contribution is 7.18. The molecule has 4 aromatic rings. The third-order valence-corrected chi connectivity index (χ3v) is 5.17. The van der Waals surface area contributed by atoms with E-state index in [0.717, 1.165) is 20.8 Å². The number of rotatable bonds is 5. The Morgan fingerprint density at radius 2 is 1.82 bits per heavy atom. The summed E-state index contributed by atoms with van der Waals surface area (Å²) >= 11 is 7.68. The Balaban J connectivity index is 1.52. The van der Waals surface area contributed by atoms with E-state index in [0.29, 0.717) is 34.6 Å². The molecule has 0 amide bonds. The lowest BCUT2D eigenvalue weighted by atomic mass is 10.2. The minimum absolute atomic E-state index is 0.390. The highest BCUT2D eigenvalue weighted by Gasteiger charge is 2.07. The van der Waals surface area contributed by atoms with Gasteiger partial charge in [0.05, 0.1) is 16.8 Å². The summed E-state index contributed by atoms with van der Waals surface area (Å²) in [6.45, 7) is 9.51. The molecule has 0 radical (unpaired) electrons. The molecule has 0 N–H and O–H groups in total. The molecule has 0 spiro atoms. The van der Waals surface area contributed by atoms with Crippen LogP contribution in [0.2, 0.25) is 5.02 Å². The third kappa shape index (κ3) is 4.25. The summed E-state index contributed by atoms with van der Waals surface area (Å²) in [6, 6.07) is 18.6. The van der Waals surface area contributed by atoms with Gasteiger partial charge in [-0.2, -0.15) is 0 Å². The van der Waals surface area contributed by atoms with E-state index in [9.17, 15) is 0 Å². The van der Waals surface area contributed by atoms with E-state index in [1.54, 1.807) is 29.5 Å². The molecule has 4 rings (SSSR count). The second kappa shape index (κ2) is 7.89. The lowest BCUT2D eigenvalue weighted by Crippen LogP contribution is -1.95. The molecular formula is C22H15ClN2O2S. The molecule has 0 aliphatic rings. The zero-order valence-electron chi connectivity index (χ0n) is 15.0. The van der Waals surface area contributed by atoms with Crippen LogP contribution < -0.4 is 9.47 Å². The number of aryl methyl sites for hydroxylation is 1. The maximum Gasteiger partial charge on any atom is 0.192 e. The van der Waals surface area contributed by atoms with Gasteiger partial charge in [0, 0.05) is 11.1 Å². The molecule has 0 aliphatic heterocycles. The van der Waals surface area contributed by atoms with Crippen LogP contribution in [0.3, 0.4) is 0 Å². The van der Waals surface area contributed by atoms with Crippen LogP contribution in [-0.4, -0.2) is 4.98 Å². The summed E-state index contributed by atoms with van der Waals surface area (Å²) < 4.78 is 13.0. The number of hydrogen-bond donors (Lipinski definition) is 0. The first-order chi connectivity index (χ1) is 13.6. The van der Waals surface area contributed by atoms with E-state index >= 15 is 0 Å². The standard InChI is InChI=1S/C22H15ClN2O2S/c1-14-7-17(26-13-22-25-20-5-3-4-6-21(20)28-22)12-18(8-14)27-19-10-15(23)9-16(11-19)24-2/h3-12H,13H2,1H3. The van der Waals surface area contributed by atoms with Crippen LogP contribution in [0.4, 0.5) is 5.69 Å². The van der Waals surface area contributed by atoms with E-state index < -0.39 is 0 Å². The first-order valence-corrected chi connectivity index (χ1v) is 9.73. The van der Waals surface area contributed by atoms with Gasteiger partial charge < -0.3 is 9.47 Å². The van der Waals surface area contributed by atoms with Crippen LogP contribution in [0.1, 0.15) is 10.6 Å². The van der Waals surface area contributed by atoms with Crippen molar-refractivity contribution in [1.82, 2.24) is 4.98 Å². The number of nitrogens with zero attached hydrogens (tertiary/aromatic N) is 2. The van der Waals surface area contributed by atoms with Gasteiger partial charge in [-0.15, -0.1) is 11.3 Å². The molecule has 6 heteroatoms. The Kier molecular flexibility index (Phi) is 5.16. The normalized spacial score (nSPS) is 10.6. The quantitative estimate of drug-likeness (QED) is 0.329. The van der Waals surface area contributed by atoms with Crippen molar-refractivity contribution < 1.29 is 9.47 Å². The minimum Gasteiger partial charge on any atom is -0.486 e. The Hall–Kier alpha value is -3.07. The van der Waals surface area contributed by atoms with Gasteiger partial charge in [0.2, 0.25) is 0 Å². The highest BCUT2D eigenvalue weighted by atomic mass is 35.5. The number of aromatic nitrogens is 1. The van der Waals surface area contributed by atoms with E-state index in [2.05, 4.69) is 15.9 Å². The van der Waals surface area contributed by atoms with Crippen molar-refractivity contribution in [3.8, 4) is 17.2 Å². The maximum atomic E-state index is 7.15. The second-order valence-corrected chi connectivity index (χ2v) is 7.76. The van der Waals surface area contributed by atoms with Crippen molar-refractivity contribution in [2.75, 3.05) is 0 Å². The van der Waals surface area contributed by atoms with E-state index in [4.69, 9.17) is 27.6 Å². The number of thiazole rings is 1. The average Bonchev–Trinajstić information content (AvgIpc) is 3.08. The van der Waals surface area contributed by atoms with E-state index in [1.165, 1.54) is 0 Å². The van der Waals surface area contributed by atoms with Crippen LogP contribution in [0, 0.1) is 13.5 Å². The lowest BCUT2D eigenvalue weighted by Gasteiger charge is -2.11. The predicted molar refractivity (Wildman–Crippen MR) is 113 cm³/mol.